The Kier molecular flexibility index (Phi) is 3.70. The fourth-order valence-corrected chi connectivity index (χ4v) is 1.88. The number of carbonyl (C=O) groups is 1. The molecule has 2 rings (SSSR count). The van der Waals surface area contributed by atoms with Crippen LogP contribution < -0.4 is 11.1 Å². The maximum absolute atomic E-state index is 12.9. The van der Waals surface area contributed by atoms with Gasteiger partial charge >= 0.3 is 0 Å². The van der Waals surface area contributed by atoms with Crippen molar-refractivity contribution in [3.63, 3.8) is 0 Å². The Balaban J connectivity index is 2.19. The number of nitrogen functional groups attached to an aromatic ring is 1. The first kappa shape index (κ1) is 14.0. The lowest BCUT2D eigenvalue weighted by Crippen LogP contribution is -2.41. The van der Waals surface area contributed by atoms with Gasteiger partial charge in [0.15, 0.2) is 0 Å². The molecule has 0 saturated heterocycles. The van der Waals surface area contributed by atoms with Crippen LogP contribution in [0.2, 0.25) is 0 Å². The van der Waals surface area contributed by atoms with Gasteiger partial charge in [0, 0.05) is 12.4 Å². The molecule has 104 valence electrons. The van der Waals surface area contributed by atoms with Crippen LogP contribution in [0.3, 0.4) is 0 Å². The topological polar surface area (TPSA) is 68.0 Å². The molecule has 1 aromatic heterocycles. The predicted molar refractivity (Wildman–Crippen MR) is 75.5 cm³/mol. The second-order valence-corrected chi connectivity index (χ2v) is 5.09. The molecule has 0 aliphatic rings. The van der Waals surface area contributed by atoms with Gasteiger partial charge in [-0.25, -0.2) is 4.39 Å². The third-order valence-corrected chi connectivity index (χ3v) is 3.01. The summed E-state index contributed by atoms with van der Waals surface area (Å²) in [4.78, 5) is 16.1. The molecule has 0 saturated carbocycles. The standard InChI is InChI=1S/C15H16FN3O/c1-15(2,11-3-5-12(16)6-4-11)19-14(20)10-7-13(17)9-18-8-10/h3-9H,17H2,1-2H3,(H,19,20). The number of anilines is 1. The molecule has 0 bridgehead atoms. The molecule has 1 heterocycles. The minimum atomic E-state index is -0.630. The molecule has 0 unspecified atom stereocenters. The number of hydrogen-bond acceptors (Lipinski definition) is 3. The van der Waals surface area contributed by atoms with E-state index in [2.05, 4.69) is 10.3 Å². The van der Waals surface area contributed by atoms with Crippen LogP contribution in [0.5, 0.6) is 0 Å². The fourth-order valence-electron chi connectivity index (χ4n) is 1.88. The SMILES string of the molecule is CC(C)(NC(=O)c1cncc(N)c1)c1ccc(F)cc1. The minimum absolute atomic E-state index is 0.279. The lowest BCUT2D eigenvalue weighted by Gasteiger charge is -2.27. The average Bonchev–Trinajstić information content (AvgIpc) is 2.38. The lowest BCUT2D eigenvalue weighted by molar-refractivity contribution is 0.0911. The molecule has 1 amide bonds. The van der Waals surface area contributed by atoms with E-state index in [1.54, 1.807) is 18.2 Å². The van der Waals surface area contributed by atoms with Crippen molar-refractivity contribution in [3.8, 4) is 0 Å². The number of carbonyl (C=O) groups excluding carboxylic acids is 1. The number of amides is 1. The Hall–Kier alpha value is -2.43. The molecule has 5 heteroatoms. The van der Waals surface area contributed by atoms with Gasteiger partial charge in [-0.1, -0.05) is 12.1 Å². The molecular formula is C15H16FN3O. The number of halogens is 1. The maximum Gasteiger partial charge on any atom is 0.253 e. The van der Waals surface area contributed by atoms with E-state index in [1.165, 1.54) is 24.5 Å². The zero-order valence-corrected chi connectivity index (χ0v) is 11.4. The van der Waals surface area contributed by atoms with Crippen molar-refractivity contribution in [1.29, 1.82) is 0 Å². The molecule has 20 heavy (non-hydrogen) atoms. The number of rotatable bonds is 3. The molecule has 1 aromatic carbocycles. The van der Waals surface area contributed by atoms with Gasteiger partial charge in [-0.2, -0.15) is 0 Å². The third kappa shape index (κ3) is 3.12. The number of nitrogens with two attached hydrogens (primary N) is 1. The summed E-state index contributed by atoms with van der Waals surface area (Å²) >= 11 is 0. The van der Waals surface area contributed by atoms with Crippen LogP contribution in [-0.4, -0.2) is 10.9 Å². The molecule has 0 aliphatic heterocycles. The summed E-state index contributed by atoms with van der Waals surface area (Å²) in [7, 11) is 0. The molecule has 0 atom stereocenters. The van der Waals surface area contributed by atoms with E-state index in [9.17, 15) is 9.18 Å². The highest BCUT2D eigenvalue weighted by Crippen LogP contribution is 2.21. The summed E-state index contributed by atoms with van der Waals surface area (Å²) in [6.45, 7) is 3.69. The minimum Gasteiger partial charge on any atom is -0.397 e. The van der Waals surface area contributed by atoms with Gasteiger partial charge in [-0.05, 0) is 37.6 Å². The van der Waals surface area contributed by atoms with Crippen molar-refractivity contribution < 1.29 is 9.18 Å². The van der Waals surface area contributed by atoms with Gasteiger partial charge in [-0.15, -0.1) is 0 Å². The van der Waals surface area contributed by atoms with E-state index in [4.69, 9.17) is 5.73 Å². The van der Waals surface area contributed by atoms with Crippen molar-refractivity contribution in [2.24, 2.45) is 0 Å². The van der Waals surface area contributed by atoms with Crippen molar-refractivity contribution in [2.75, 3.05) is 5.73 Å². The van der Waals surface area contributed by atoms with E-state index < -0.39 is 5.54 Å². The average molecular weight is 273 g/mol. The van der Waals surface area contributed by atoms with Crippen LogP contribution in [0.25, 0.3) is 0 Å². The van der Waals surface area contributed by atoms with Gasteiger partial charge in [-0.3, -0.25) is 9.78 Å². The largest absolute Gasteiger partial charge is 0.397 e. The Bertz CT molecular complexity index is 623. The second kappa shape index (κ2) is 5.28. The molecule has 0 spiro atoms. The first-order valence-electron chi connectivity index (χ1n) is 6.17. The molecule has 0 fully saturated rings. The van der Waals surface area contributed by atoms with Crippen molar-refractivity contribution in [1.82, 2.24) is 10.3 Å². The summed E-state index contributed by atoms with van der Waals surface area (Å²) in [5, 5.41) is 2.88. The zero-order valence-electron chi connectivity index (χ0n) is 11.4. The van der Waals surface area contributed by atoms with Gasteiger partial charge in [0.1, 0.15) is 5.82 Å². The van der Waals surface area contributed by atoms with Gasteiger partial charge in [0.2, 0.25) is 0 Å². The summed E-state index contributed by atoms with van der Waals surface area (Å²) in [6, 6.07) is 7.58. The van der Waals surface area contributed by atoms with Gasteiger partial charge in [0.25, 0.3) is 5.91 Å². The van der Waals surface area contributed by atoms with Crippen LogP contribution in [0.15, 0.2) is 42.7 Å². The highest BCUT2D eigenvalue weighted by atomic mass is 19.1. The molecule has 2 aromatic rings. The zero-order chi connectivity index (χ0) is 14.8. The summed E-state index contributed by atoms with van der Waals surface area (Å²) in [5.74, 6) is -0.588. The van der Waals surface area contributed by atoms with Gasteiger partial charge in [0.05, 0.1) is 16.8 Å². The summed E-state index contributed by atoms with van der Waals surface area (Å²) in [6.07, 6.45) is 2.92. The second-order valence-electron chi connectivity index (χ2n) is 5.09. The third-order valence-electron chi connectivity index (χ3n) is 3.01. The van der Waals surface area contributed by atoms with E-state index in [0.29, 0.717) is 11.3 Å². The molecular weight excluding hydrogens is 257 g/mol. The van der Waals surface area contributed by atoms with Gasteiger partial charge < -0.3 is 11.1 Å². The fraction of sp³-hybridized carbons (Fsp3) is 0.200. The van der Waals surface area contributed by atoms with Crippen molar-refractivity contribution in [3.05, 3.63) is 59.7 Å². The van der Waals surface area contributed by atoms with Crippen LogP contribution >= 0.6 is 0 Å². The number of nitrogens with one attached hydrogen (secondary N) is 1. The van der Waals surface area contributed by atoms with E-state index >= 15 is 0 Å². The van der Waals surface area contributed by atoms with Crippen LogP contribution in [0.4, 0.5) is 10.1 Å². The molecule has 4 nitrogen and oxygen atoms in total. The number of hydrogen-bond donors (Lipinski definition) is 2. The number of pyridine rings is 1. The molecule has 0 aliphatic carbocycles. The van der Waals surface area contributed by atoms with Crippen LogP contribution in [0.1, 0.15) is 29.8 Å². The normalized spacial score (nSPS) is 11.2. The monoisotopic (exact) mass is 273 g/mol. The Labute approximate surface area is 116 Å². The lowest BCUT2D eigenvalue weighted by atomic mass is 9.94. The van der Waals surface area contributed by atoms with E-state index in [1.807, 2.05) is 13.8 Å². The van der Waals surface area contributed by atoms with E-state index in [-0.39, 0.29) is 11.7 Å². The smallest absolute Gasteiger partial charge is 0.253 e. The Morgan fingerprint density at radius 1 is 1.25 bits per heavy atom. The summed E-state index contributed by atoms with van der Waals surface area (Å²) in [5.41, 5.74) is 6.60. The Morgan fingerprint density at radius 2 is 1.90 bits per heavy atom. The van der Waals surface area contributed by atoms with Crippen molar-refractivity contribution in [2.45, 2.75) is 19.4 Å². The highest BCUT2D eigenvalue weighted by Gasteiger charge is 2.23. The number of benzene rings is 1. The Morgan fingerprint density at radius 3 is 2.50 bits per heavy atom. The van der Waals surface area contributed by atoms with Crippen LogP contribution in [-0.2, 0) is 5.54 Å². The molecule has 0 radical (unpaired) electrons. The summed E-state index contributed by atoms with van der Waals surface area (Å²) < 4.78 is 12.9. The number of nitrogens with zero attached hydrogens (tertiary/aromatic N) is 1. The number of aromatic nitrogens is 1. The molecule has 3 N–H and O–H groups in total. The first-order chi connectivity index (χ1) is 9.38. The highest BCUT2D eigenvalue weighted by molar-refractivity contribution is 5.95. The first-order valence-corrected chi connectivity index (χ1v) is 6.17. The van der Waals surface area contributed by atoms with E-state index in [0.717, 1.165) is 5.56 Å². The quantitative estimate of drug-likeness (QED) is 0.902. The maximum atomic E-state index is 12.9. The van der Waals surface area contributed by atoms with Crippen molar-refractivity contribution >= 4 is 11.6 Å². The van der Waals surface area contributed by atoms with Crippen LogP contribution in [0, 0.1) is 5.82 Å². The predicted octanol–water partition coefficient (Wildman–Crippen LogP) is 2.47.